The summed E-state index contributed by atoms with van der Waals surface area (Å²) in [7, 11) is 0. The maximum absolute atomic E-state index is 4.29. The van der Waals surface area contributed by atoms with Crippen LogP contribution in [0.25, 0.3) is 0 Å². The summed E-state index contributed by atoms with van der Waals surface area (Å²) in [4.78, 5) is 4.29. The molecule has 1 aromatic heterocycles. The van der Waals surface area contributed by atoms with E-state index in [2.05, 4.69) is 51.7 Å². The van der Waals surface area contributed by atoms with E-state index in [0.29, 0.717) is 5.92 Å². The van der Waals surface area contributed by atoms with Gasteiger partial charge < -0.3 is 0 Å². The fourth-order valence-electron chi connectivity index (χ4n) is 1.62. The molecule has 1 rings (SSSR count). The Kier molecular flexibility index (Phi) is 3.45. The Hall–Kier alpha value is -1.11. The van der Waals surface area contributed by atoms with E-state index < -0.39 is 0 Å². The quantitative estimate of drug-likeness (QED) is 0.645. The fraction of sp³-hybridized carbons (Fsp3) is 0.462. The molecule has 0 saturated heterocycles. The van der Waals surface area contributed by atoms with Gasteiger partial charge in [0.25, 0.3) is 0 Å². The largest absolute Gasteiger partial charge is 0.261 e. The van der Waals surface area contributed by atoms with Gasteiger partial charge in [0.15, 0.2) is 0 Å². The topological polar surface area (TPSA) is 12.9 Å². The molecule has 0 spiro atoms. The van der Waals surface area contributed by atoms with Gasteiger partial charge in [0.05, 0.1) is 0 Å². The molecule has 1 atom stereocenters. The molecular weight excluding hydrogens is 170 g/mol. The highest BCUT2D eigenvalue weighted by molar-refractivity contribution is 5.35. The lowest BCUT2D eigenvalue weighted by Gasteiger charge is -2.16. The highest BCUT2D eigenvalue weighted by atomic mass is 14.7. The summed E-state index contributed by atoms with van der Waals surface area (Å²) in [5.74, 6) is 0.502. The first-order valence-corrected chi connectivity index (χ1v) is 5.12. The minimum absolute atomic E-state index is 0.502. The van der Waals surface area contributed by atoms with Gasteiger partial charge in [-0.1, -0.05) is 18.6 Å². The molecule has 1 heteroatoms. The van der Waals surface area contributed by atoms with E-state index >= 15 is 0 Å². The Bertz CT molecular complexity index is 350. The minimum Gasteiger partial charge on any atom is -0.261 e. The van der Waals surface area contributed by atoms with E-state index in [9.17, 15) is 0 Å². The van der Waals surface area contributed by atoms with Crippen LogP contribution < -0.4 is 0 Å². The molecule has 0 saturated carbocycles. The zero-order chi connectivity index (χ0) is 10.7. The Morgan fingerprint density at radius 1 is 1.43 bits per heavy atom. The lowest BCUT2D eigenvalue weighted by atomic mass is 9.90. The highest BCUT2D eigenvalue weighted by Gasteiger charge is 2.10. The molecule has 0 aliphatic heterocycles. The molecule has 0 aliphatic carbocycles. The van der Waals surface area contributed by atoms with Crippen LogP contribution in [0.5, 0.6) is 0 Å². The molecule has 0 aliphatic rings. The number of nitrogens with zero attached hydrogens (tertiary/aromatic N) is 1. The first kappa shape index (κ1) is 11.0. The van der Waals surface area contributed by atoms with Crippen LogP contribution in [0.4, 0.5) is 0 Å². The number of pyridine rings is 1. The van der Waals surface area contributed by atoms with Crippen LogP contribution in [0.3, 0.4) is 0 Å². The van der Waals surface area contributed by atoms with E-state index in [1.807, 2.05) is 6.20 Å². The zero-order valence-electron chi connectivity index (χ0n) is 9.76. The molecule has 0 bridgehead atoms. The SMILES string of the molecule is CC=C(C)C(C)c1ccnc(C)c1C. The van der Waals surface area contributed by atoms with Crippen LogP contribution in [0, 0.1) is 13.8 Å². The van der Waals surface area contributed by atoms with Gasteiger partial charge in [-0.25, -0.2) is 0 Å². The third-order valence-electron chi connectivity index (χ3n) is 3.10. The molecule has 0 aromatic carbocycles. The third kappa shape index (κ3) is 2.03. The normalized spacial score (nSPS) is 14.2. The van der Waals surface area contributed by atoms with E-state index in [-0.39, 0.29) is 0 Å². The number of allylic oxidation sites excluding steroid dienone is 2. The lowest BCUT2D eigenvalue weighted by Crippen LogP contribution is -2.00. The van der Waals surface area contributed by atoms with Crippen molar-refractivity contribution in [1.29, 1.82) is 0 Å². The van der Waals surface area contributed by atoms with Gasteiger partial charge in [-0.15, -0.1) is 0 Å². The van der Waals surface area contributed by atoms with Crippen LogP contribution in [-0.2, 0) is 0 Å². The fourth-order valence-corrected chi connectivity index (χ4v) is 1.62. The van der Waals surface area contributed by atoms with Crippen molar-refractivity contribution in [2.45, 2.75) is 40.5 Å². The molecule has 0 radical (unpaired) electrons. The summed E-state index contributed by atoms with van der Waals surface area (Å²) in [5.41, 5.74) is 5.27. The van der Waals surface area contributed by atoms with E-state index in [0.717, 1.165) is 5.69 Å². The second-order valence-corrected chi connectivity index (χ2v) is 3.86. The minimum atomic E-state index is 0.502. The first-order valence-electron chi connectivity index (χ1n) is 5.12. The molecule has 1 nitrogen and oxygen atoms in total. The van der Waals surface area contributed by atoms with Gasteiger partial charge in [0, 0.05) is 17.8 Å². The Morgan fingerprint density at radius 2 is 2.07 bits per heavy atom. The van der Waals surface area contributed by atoms with Gasteiger partial charge in [-0.3, -0.25) is 4.98 Å². The molecule has 1 unspecified atom stereocenters. The van der Waals surface area contributed by atoms with Crippen molar-refractivity contribution in [1.82, 2.24) is 4.98 Å². The molecule has 14 heavy (non-hydrogen) atoms. The van der Waals surface area contributed by atoms with Crippen molar-refractivity contribution in [2.24, 2.45) is 0 Å². The third-order valence-corrected chi connectivity index (χ3v) is 3.10. The standard InChI is InChI=1S/C13H19N/c1-6-9(2)10(3)13-7-8-14-12(5)11(13)4/h6-8,10H,1-5H3. The lowest BCUT2D eigenvalue weighted by molar-refractivity contribution is 0.869. The number of aromatic nitrogens is 1. The second-order valence-electron chi connectivity index (χ2n) is 3.86. The van der Waals surface area contributed by atoms with Gasteiger partial charge in [0.2, 0.25) is 0 Å². The van der Waals surface area contributed by atoms with Gasteiger partial charge in [0.1, 0.15) is 0 Å². The van der Waals surface area contributed by atoms with Crippen LogP contribution in [0.15, 0.2) is 23.9 Å². The average Bonchev–Trinajstić information content (AvgIpc) is 2.20. The monoisotopic (exact) mass is 189 g/mol. The molecule has 0 N–H and O–H groups in total. The van der Waals surface area contributed by atoms with Crippen molar-refractivity contribution in [2.75, 3.05) is 0 Å². The van der Waals surface area contributed by atoms with Crippen molar-refractivity contribution >= 4 is 0 Å². The van der Waals surface area contributed by atoms with Crippen LogP contribution in [-0.4, -0.2) is 4.98 Å². The zero-order valence-corrected chi connectivity index (χ0v) is 9.76. The number of hydrogen-bond acceptors (Lipinski definition) is 1. The number of aryl methyl sites for hydroxylation is 1. The summed E-state index contributed by atoms with van der Waals surface area (Å²) in [6.45, 7) is 10.7. The summed E-state index contributed by atoms with van der Waals surface area (Å²) < 4.78 is 0. The van der Waals surface area contributed by atoms with Crippen molar-refractivity contribution < 1.29 is 0 Å². The number of rotatable bonds is 2. The predicted octanol–water partition coefficient (Wildman–Crippen LogP) is 3.77. The van der Waals surface area contributed by atoms with Gasteiger partial charge >= 0.3 is 0 Å². The Labute approximate surface area is 86.9 Å². The van der Waals surface area contributed by atoms with E-state index in [1.54, 1.807) is 0 Å². The molecule has 1 heterocycles. The molecular formula is C13H19N. The molecule has 1 aromatic rings. The Balaban J connectivity index is 3.13. The summed E-state index contributed by atoms with van der Waals surface area (Å²) in [6, 6.07) is 2.12. The van der Waals surface area contributed by atoms with Crippen molar-refractivity contribution in [3.05, 3.63) is 40.7 Å². The average molecular weight is 189 g/mol. The number of hydrogen-bond donors (Lipinski definition) is 0. The van der Waals surface area contributed by atoms with Crippen molar-refractivity contribution in [3.8, 4) is 0 Å². The van der Waals surface area contributed by atoms with E-state index in [1.165, 1.54) is 16.7 Å². The summed E-state index contributed by atoms with van der Waals surface area (Å²) in [5, 5.41) is 0. The van der Waals surface area contributed by atoms with Crippen molar-refractivity contribution in [3.63, 3.8) is 0 Å². The van der Waals surface area contributed by atoms with E-state index in [4.69, 9.17) is 0 Å². The maximum Gasteiger partial charge on any atom is 0.0404 e. The first-order chi connectivity index (χ1) is 6.57. The molecule has 0 amide bonds. The smallest absolute Gasteiger partial charge is 0.0404 e. The molecule has 76 valence electrons. The molecule has 0 fully saturated rings. The van der Waals surface area contributed by atoms with Crippen LogP contribution >= 0.6 is 0 Å². The second kappa shape index (κ2) is 4.41. The van der Waals surface area contributed by atoms with Gasteiger partial charge in [-0.2, -0.15) is 0 Å². The van der Waals surface area contributed by atoms with Gasteiger partial charge in [-0.05, 0) is 44.9 Å². The maximum atomic E-state index is 4.29. The Morgan fingerprint density at radius 3 is 2.64 bits per heavy atom. The summed E-state index contributed by atoms with van der Waals surface area (Å²) >= 11 is 0. The highest BCUT2D eigenvalue weighted by Crippen LogP contribution is 2.26. The van der Waals surface area contributed by atoms with Crippen LogP contribution in [0.2, 0.25) is 0 Å². The predicted molar refractivity (Wildman–Crippen MR) is 61.6 cm³/mol. The summed E-state index contributed by atoms with van der Waals surface area (Å²) in [6.07, 6.45) is 4.08. The van der Waals surface area contributed by atoms with Crippen LogP contribution in [0.1, 0.15) is 43.5 Å².